The molecule has 0 aliphatic carbocycles. The van der Waals surface area contributed by atoms with Crippen LogP contribution in [-0.4, -0.2) is 24.5 Å². The highest BCUT2D eigenvalue weighted by atomic mass is 15.3. The van der Waals surface area contributed by atoms with Crippen LogP contribution in [0.3, 0.4) is 0 Å². The van der Waals surface area contributed by atoms with Crippen molar-refractivity contribution in [1.82, 2.24) is 24.5 Å². The minimum Gasteiger partial charge on any atom is -0.280 e. The molecule has 1 aromatic carbocycles. The molecule has 3 aromatic rings. The van der Waals surface area contributed by atoms with Crippen LogP contribution in [-0.2, 0) is 13.5 Å². The topological polar surface area (TPSA) is 48.5 Å². The van der Waals surface area contributed by atoms with Gasteiger partial charge in [-0.15, -0.1) is 10.2 Å². The van der Waals surface area contributed by atoms with Crippen LogP contribution in [0.2, 0.25) is 0 Å². The smallest absolute Gasteiger partial charge is 0.186 e. The zero-order valence-corrected chi connectivity index (χ0v) is 11.0. The highest BCUT2D eigenvalue weighted by molar-refractivity contribution is 5.54. The van der Waals surface area contributed by atoms with E-state index in [4.69, 9.17) is 0 Å². The summed E-state index contributed by atoms with van der Waals surface area (Å²) < 4.78 is 3.82. The number of aryl methyl sites for hydroxylation is 2. The van der Waals surface area contributed by atoms with E-state index in [9.17, 15) is 0 Å². The molecule has 0 bridgehead atoms. The summed E-state index contributed by atoms with van der Waals surface area (Å²) in [6, 6.07) is 12.1. The molecule has 2 heterocycles. The Morgan fingerprint density at radius 2 is 1.95 bits per heavy atom. The summed E-state index contributed by atoms with van der Waals surface area (Å²) in [6.45, 7) is 2.09. The first-order valence-corrected chi connectivity index (χ1v) is 6.28. The molecule has 96 valence electrons. The van der Waals surface area contributed by atoms with Gasteiger partial charge in [0.1, 0.15) is 12.0 Å². The number of aromatic nitrogens is 5. The summed E-state index contributed by atoms with van der Waals surface area (Å²) in [4.78, 5) is 0. The minimum absolute atomic E-state index is 0.806. The third-order valence-electron chi connectivity index (χ3n) is 3.10. The Balaban J connectivity index is 2.12. The van der Waals surface area contributed by atoms with Gasteiger partial charge in [0.25, 0.3) is 0 Å². The molecule has 5 heteroatoms. The molecular weight excluding hydrogens is 238 g/mol. The molecule has 0 aliphatic rings. The highest BCUT2D eigenvalue weighted by Crippen LogP contribution is 2.21. The average molecular weight is 253 g/mol. The number of rotatable bonds is 3. The van der Waals surface area contributed by atoms with E-state index in [1.165, 1.54) is 0 Å². The third kappa shape index (κ3) is 2.03. The second-order valence-corrected chi connectivity index (χ2v) is 4.36. The SMILES string of the molecule is CCc1cc(-c2nncn2-c2ccccc2)n(C)n1. The lowest BCUT2D eigenvalue weighted by molar-refractivity contribution is 0.746. The van der Waals surface area contributed by atoms with E-state index in [-0.39, 0.29) is 0 Å². The lowest BCUT2D eigenvalue weighted by Crippen LogP contribution is -2.01. The van der Waals surface area contributed by atoms with Crippen LogP contribution in [0.4, 0.5) is 0 Å². The predicted octanol–water partition coefficient (Wildman–Crippen LogP) is 2.23. The standard InChI is InChI=1S/C14H15N5/c1-3-11-9-13(18(2)17-11)14-16-15-10-19(14)12-7-5-4-6-8-12/h4-10H,3H2,1-2H3. The number of hydrogen-bond donors (Lipinski definition) is 0. The van der Waals surface area contributed by atoms with E-state index in [0.29, 0.717) is 0 Å². The molecule has 2 aromatic heterocycles. The third-order valence-corrected chi connectivity index (χ3v) is 3.10. The highest BCUT2D eigenvalue weighted by Gasteiger charge is 2.13. The molecule has 0 N–H and O–H groups in total. The van der Waals surface area contributed by atoms with Gasteiger partial charge in [-0.05, 0) is 24.6 Å². The first-order chi connectivity index (χ1) is 9.29. The van der Waals surface area contributed by atoms with E-state index in [1.807, 2.05) is 46.6 Å². The van der Waals surface area contributed by atoms with Crippen molar-refractivity contribution in [2.24, 2.45) is 7.05 Å². The van der Waals surface area contributed by atoms with Gasteiger partial charge >= 0.3 is 0 Å². The maximum absolute atomic E-state index is 4.46. The van der Waals surface area contributed by atoms with Crippen molar-refractivity contribution in [2.75, 3.05) is 0 Å². The van der Waals surface area contributed by atoms with E-state index >= 15 is 0 Å². The summed E-state index contributed by atoms with van der Waals surface area (Å²) in [7, 11) is 1.93. The van der Waals surface area contributed by atoms with E-state index in [1.54, 1.807) is 6.33 Å². The van der Waals surface area contributed by atoms with Crippen LogP contribution in [0.5, 0.6) is 0 Å². The summed E-state index contributed by atoms with van der Waals surface area (Å²) in [6.07, 6.45) is 2.64. The monoisotopic (exact) mass is 253 g/mol. The molecule has 0 spiro atoms. The maximum Gasteiger partial charge on any atom is 0.186 e. The van der Waals surface area contributed by atoms with Gasteiger partial charge in [0.2, 0.25) is 0 Å². The second-order valence-electron chi connectivity index (χ2n) is 4.36. The van der Waals surface area contributed by atoms with Crippen LogP contribution in [0.1, 0.15) is 12.6 Å². The van der Waals surface area contributed by atoms with E-state index in [2.05, 4.69) is 28.3 Å². The largest absolute Gasteiger partial charge is 0.280 e. The van der Waals surface area contributed by atoms with Gasteiger partial charge in [-0.3, -0.25) is 9.25 Å². The molecule has 5 nitrogen and oxygen atoms in total. The molecule has 0 atom stereocenters. The fraction of sp³-hybridized carbons (Fsp3) is 0.214. The molecule has 0 radical (unpaired) electrons. The quantitative estimate of drug-likeness (QED) is 0.719. The fourth-order valence-corrected chi connectivity index (χ4v) is 2.10. The van der Waals surface area contributed by atoms with Crippen LogP contribution in [0.25, 0.3) is 17.2 Å². The maximum atomic E-state index is 4.46. The van der Waals surface area contributed by atoms with Gasteiger partial charge in [0, 0.05) is 12.7 Å². The first kappa shape index (κ1) is 11.6. The van der Waals surface area contributed by atoms with Crippen molar-refractivity contribution in [3.05, 3.63) is 48.4 Å². The van der Waals surface area contributed by atoms with E-state index in [0.717, 1.165) is 29.3 Å². The zero-order valence-electron chi connectivity index (χ0n) is 11.0. The lowest BCUT2D eigenvalue weighted by atomic mass is 10.2. The number of benzene rings is 1. The molecule has 0 saturated heterocycles. The summed E-state index contributed by atoms with van der Waals surface area (Å²) >= 11 is 0. The minimum atomic E-state index is 0.806. The first-order valence-electron chi connectivity index (χ1n) is 6.28. The van der Waals surface area contributed by atoms with Crippen LogP contribution in [0, 0.1) is 0 Å². The van der Waals surface area contributed by atoms with Gasteiger partial charge in [-0.1, -0.05) is 25.1 Å². The molecule has 0 saturated carbocycles. The molecule has 0 fully saturated rings. The van der Waals surface area contributed by atoms with Gasteiger partial charge < -0.3 is 0 Å². The van der Waals surface area contributed by atoms with Crippen LogP contribution >= 0.6 is 0 Å². The Bertz CT molecular complexity index is 681. The van der Waals surface area contributed by atoms with E-state index < -0.39 is 0 Å². The molecule has 19 heavy (non-hydrogen) atoms. The second kappa shape index (κ2) is 4.68. The van der Waals surface area contributed by atoms with Crippen molar-refractivity contribution in [3.63, 3.8) is 0 Å². The molecule has 0 amide bonds. The van der Waals surface area contributed by atoms with Crippen molar-refractivity contribution >= 4 is 0 Å². The summed E-state index contributed by atoms with van der Waals surface area (Å²) in [5, 5.41) is 12.7. The Morgan fingerprint density at radius 1 is 1.16 bits per heavy atom. The summed E-state index contributed by atoms with van der Waals surface area (Å²) in [5.74, 6) is 0.806. The summed E-state index contributed by atoms with van der Waals surface area (Å²) in [5.41, 5.74) is 3.07. The Kier molecular flexibility index (Phi) is 2.87. The van der Waals surface area contributed by atoms with Crippen LogP contribution < -0.4 is 0 Å². The van der Waals surface area contributed by atoms with Gasteiger partial charge in [-0.2, -0.15) is 5.10 Å². The fourth-order valence-electron chi connectivity index (χ4n) is 2.10. The van der Waals surface area contributed by atoms with Crippen LogP contribution in [0.15, 0.2) is 42.7 Å². The Hall–Kier alpha value is -2.43. The Morgan fingerprint density at radius 3 is 2.63 bits per heavy atom. The lowest BCUT2D eigenvalue weighted by Gasteiger charge is -2.06. The molecule has 0 aliphatic heterocycles. The van der Waals surface area contributed by atoms with Gasteiger partial charge in [0.05, 0.1) is 5.69 Å². The molecule has 3 rings (SSSR count). The normalized spacial score (nSPS) is 10.8. The number of para-hydroxylation sites is 1. The van der Waals surface area contributed by atoms with Crippen molar-refractivity contribution in [2.45, 2.75) is 13.3 Å². The Labute approximate surface area is 111 Å². The van der Waals surface area contributed by atoms with Gasteiger partial charge in [-0.25, -0.2) is 0 Å². The van der Waals surface area contributed by atoms with Gasteiger partial charge in [0.15, 0.2) is 5.82 Å². The number of hydrogen-bond acceptors (Lipinski definition) is 3. The zero-order chi connectivity index (χ0) is 13.2. The van der Waals surface area contributed by atoms with Crippen molar-refractivity contribution in [1.29, 1.82) is 0 Å². The van der Waals surface area contributed by atoms with Crippen molar-refractivity contribution in [3.8, 4) is 17.2 Å². The average Bonchev–Trinajstić information content (AvgIpc) is 3.05. The predicted molar refractivity (Wildman–Crippen MR) is 72.9 cm³/mol. The van der Waals surface area contributed by atoms with Crippen molar-refractivity contribution < 1.29 is 0 Å². The molecular formula is C14H15N5. The molecule has 0 unspecified atom stereocenters. The number of nitrogens with zero attached hydrogens (tertiary/aromatic N) is 5.